The normalized spacial score (nSPS) is 11.6. The van der Waals surface area contributed by atoms with Gasteiger partial charge in [-0.25, -0.2) is 13.8 Å². The summed E-state index contributed by atoms with van der Waals surface area (Å²) in [5, 5.41) is 3.87. The van der Waals surface area contributed by atoms with Crippen molar-refractivity contribution in [1.29, 1.82) is 0 Å². The van der Waals surface area contributed by atoms with Crippen LogP contribution in [0.15, 0.2) is 94.9 Å². The molecule has 7 heteroatoms. The number of amides is 1. The number of carbonyl (C=O) groups excluding carboxylic acids is 1. The summed E-state index contributed by atoms with van der Waals surface area (Å²) in [5.41, 5.74) is 5.15. The van der Waals surface area contributed by atoms with Gasteiger partial charge >= 0.3 is 0 Å². The fourth-order valence-corrected chi connectivity index (χ4v) is 3.60. The second-order valence-electron chi connectivity index (χ2n) is 6.48. The lowest BCUT2D eigenvalue weighted by Gasteiger charge is -2.09. The molecule has 0 saturated carbocycles. The number of carbonyl (C=O) groups is 1. The van der Waals surface area contributed by atoms with Gasteiger partial charge in [-0.15, -0.1) is 0 Å². The summed E-state index contributed by atoms with van der Waals surface area (Å²) in [7, 11) is -3.69. The zero-order valence-corrected chi connectivity index (χ0v) is 17.1. The Kier molecular flexibility index (Phi) is 6.77. The molecule has 30 heavy (non-hydrogen) atoms. The molecule has 0 bridgehead atoms. The summed E-state index contributed by atoms with van der Waals surface area (Å²) in [6.45, 7) is 1.89. The maximum atomic E-state index is 12.4. The van der Waals surface area contributed by atoms with Gasteiger partial charge in [-0.3, -0.25) is 9.52 Å². The van der Waals surface area contributed by atoms with Crippen LogP contribution in [0.2, 0.25) is 0 Å². The quantitative estimate of drug-likeness (QED) is 0.444. The van der Waals surface area contributed by atoms with E-state index in [1.807, 2.05) is 43.3 Å². The third kappa shape index (κ3) is 5.89. The Labute approximate surface area is 176 Å². The number of nitrogens with one attached hydrogen (secondary N) is 2. The zero-order valence-electron chi connectivity index (χ0n) is 16.3. The van der Waals surface area contributed by atoms with Gasteiger partial charge < -0.3 is 0 Å². The Morgan fingerprint density at radius 2 is 1.57 bits per heavy atom. The van der Waals surface area contributed by atoms with Crippen molar-refractivity contribution < 1.29 is 13.2 Å². The number of hydrogen-bond acceptors (Lipinski definition) is 4. The number of sulfonamides is 1. The van der Waals surface area contributed by atoms with Crippen molar-refractivity contribution in [2.45, 2.75) is 11.8 Å². The number of rotatable bonds is 7. The van der Waals surface area contributed by atoms with Crippen molar-refractivity contribution in [3.05, 3.63) is 102 Å². The van der Waals surface area contributed by atoms with Crippen LogP contribution in [0, 0.1) is 6.92 Å². The lowest BCUT2D eigenvalue weighted by Crippen LogP contribution is -2.17. The SMILES string of the molecule is Cc1ccc(S(=O)(=O)Nc2ccc(C(=O)N/N=C/C=C/c3ccccc3)cc2)cc1. The summed E-state index contributed by atoms with van der Waals surface area (Å²) in [6, 6.07) is 22.4. The minimum absolute atomic E-state index is 0.174. The van der Waals surface area contributed by atoms with Crippen molar-refractivity contribution in [2.75, 3.05) is 4.72 Å². The molecule has 0 atom stereocenters. The van der Waals surface area contributed by atoms with Gasteiger partial charge in [0.15, 0.2) is 0 Å². The average Bonchev–Trinajstić information content (AvgIpc) is 2.74. The highest BCUT2D eigenvalue weighted by atomic mass is 32.2. The molecule has 0 aliphatic rings. The average molecular weight is 420 g/mol. The molecule has 0 fully saturated rings. The molecule has 0 aromatic heterocycles. The maximum absolute atomic E-state index is 12.4. The van der Waals surface area contributed by atoms with Gasteiger partial charge in [-0.2, -0.15) is 5.10 Å². The number of anilines is 1. The van der Waals surface area contributed by atoms with Crippen LogP contribution >= 0.6 is 0 Å². The highest BCUT2D eigenvalue weighted by molar-refractivity contribution is 7.92. The van der Waals surface area contributed by atoms with Crippen molar-refractivity contribution in [1.82, 2.24) is 5.43 Å². The van der Waals surface area contributed by atoms with Gasteiger partial charge in [0.25, 0.3) is 15.9 Å². The molecule has 1 amide bonds. The smallest absolute Gasteiger partial charge is 0.271 e. The van der Waals surface area contributed by atoms with E-state index in [2.05, 4.69) is 15.2 Å². The molecule has 6 nitrogen and oxygen atoms in total. The molecule has 0 heterocycles. The van der Waals surface area contributed by atoms with Crippen molar-refractivity contribution in [3.63, 3.8) is 0 Å². The first-order valence-electron chi connectivity index (χ1n) is 9.19. The number of allylic oxidation sites excluding steroid dienone is 1. The predicted molar refractivity (Wildman–Crippen MR) is 120 cm³/mol. The van der Waals surface area contributed by atoms with Gasteiger partial charge in [0.05, 0.1) is 4.90 Å². The van der Waals surface area contributed by atoms with Crippen molar-refractivity contribution >= 4 is 33.9 Å². The van der Waals surface area contributed by atoms with Crippen LogP contribution in [-0.2, 0) is 10.0 Å². The Balaban J connectivity index is 1.57. The van der Waals surface area contributed by atoms with Crippen LogP contribution in [0.3, 0.4) is 0 Å². The van der Waals surface area contributed by atoms with Gasteiger partial charge in [0, 0.05) is 17.5 Å². The summed E-state index contributed by atoms with van der Waals surface area (Å²) < 4.78 is 27.3. The summed E-state index contributed by atoms with van der Waals surface area (Å²) in [6.07, 6.45) is 5.07. The topological polar surface area (TPSA) is 87.6 Å². The van der Waals surface area contributed by atoms with E-state index in [-0.39, 0.29) is 4.90 Å². The number of hydrogen-bond donors (Lipinski definition) is 2. The van der Waals surface area contributed by atoms with E-state index in [1.165, 1.54) is 30.5 Å². The van der Waals surface area contributed by atoms with Crippen LogP contribution in [0.1, 0.15) is 21.5 Å². The van der Waals surface area contributed by atoms with E-state index in [4.69, 9.17) is 0 Å². The third-order valence-electron chi connectivity index (χ3n) is 4.15. The molecule has 0 spiro atoms. The standard InChI is InChI=1S/C23H21N3O3S/c1-18-9-15-22(16-10-18)30(28,29)26-21-13-11-20(12-14-21)23(27)25-24-17-5-8-19-6-3-2-4-7-19/h2-17,26H,1H3,(H,25,27)/b8-5+,24-17+. The number of aryl methyl sites for hydroxylation is 1. The lowest BCUT2D eigenvalue weighted by atomic mass is 10.2. The van der Waals surface area contributed by atoms with Crippen LogP contribution < -0.4 is 10.1 Å². The van der Waals surface area contributed by atoms with Crippen molar-refractivity contribution in [3.8, 4) is 0 Å². The fourth-order valence-electron chi connectivity index (χ4n) is 2.54. The monoisotopic (exact) mass is 419 g/mol. The Morgan fingerprint density at radius 1 is 0.900 bits per heavy atom. The molecular weight excluding hydrogens is 398 g/mol. The first kappa shape index (κ1) is 21.0. The molecule has 3 aromatic rings. The Hall–Kier alpha value is -3.71. The zero-order chi connectivity index (χ0) is 21.4. The summed E-state index contributed by atoms with van der Waals surface area (Å²) in [4.78, 5) is 12.3. The van der Waals surface area contributed by atoms with Crippen LogP contribution in [-0.4, -0.2) is 20.5 Å². The second kappa shape index (κ2) is 9.67. The lowest BCUT2D eigenvalue weighted by molar-refractivity contribution is 0.0955. The Morgan fingerprint density at radius 3 is 2.23 bits per heavy atom. The van der Waals surface area contributed by atoms with E-state index in [1.54, 1.807) is 30.3 Å². The van der Waals surface area contributed by atoms with Crippen LogP contribution in [0.25, 0.3) is 6.08 Å². The molecule has 3 rings (SSSR count). The van der Waals surface area contributed by atoms with Gasteiger partial charge in [0.1, 0.15) is 0 Å². The molecule has 0 unspecified atom stereocenters. The maximum Gasteiger partial charge on any atom is 0.271 e. The van der Waals surface area contributed by atoms with Crippen molar-refractivity contribution in [2.24, 2.45) is 5.10 Å². The minimum atomic E-state index is -3.69. The third-order valence-corrected chi connectivity index (χ3v) is 5.54. The number of nitrogens with zero attached hydrogens (tertiary/aromatic N) is 1. The molecule has 0 saturated heterocycles. The van der Waals surface area contributed by atoms with E-state index in [0.29, 0.717) is 11.3 Å². The summed E-state index contributed by atoms with van der Waals surface area (Å²) >= 11 is 0. The molecular formula is C23H21N3O3S. The highest BCUT2D eigenvalue weighted by Crippen LogP contribution is 2.17. The predicted octanol–water partition coefficient (Wildman–Crippen LogP) is 4.22. The van der Waals surface area contributed by atoms with E-state index < -0.39 is 15.9 Å². The summed E-state index contributed by atoms with van der Waals surface area (Å²) in [5.74, 6) is -0.396. The molecule has 0 aliphatic carbocycles. The van der Waals surface area contributed by atoms with E-state index in [9.17, 15) is 13.2 Å². The first-order chi connectivity index (χ1) is 14.4. The van der Waals surface area contributed by atoms with Crippen LogP contribution in [0.4, 0.5) is 5.69 Å². The molecule has 0 aliphatic heterocycles. The molecule has 3 aromatic carbocycles. The number of benzene rings is 3. The molecule has 0 radical (unpaired) electrons. The first-order valence-corrected chi connectivity index (χ1v) is 10.7. The van der Waals surface area contributed by atoms with Gasteiger partial charge in [-0.1, -0.05) is 54.1 Å². The number of hydrazone groups is 1. The minimum Gasteiger partial charge on any atom is -0.280 e. The molecule has 2 N–H and O–H groups in total. The fraction of sp³-hybridized carbons (Fsp3) is 0.0435. The van der Waals surface area contributed by atoms with E-state index in [0.717, 1.165) is 11.1 Å². The largest absolute Gasteiger partial charge is 0.280 e. The van der Waals surface area contributed by atoms with E-state index >= 15 is 0 Å². The Bertz CT molecular complexity index is 1150. The van der Waals surface area contributed by atoms with Crippen LogP contribution in [0.5, 0.6) is 0 Å². The second-order valence-corrected chi connectivity index (χ2v) is 8.17. The highest BCUT2D eigenvalue weighted by Gasteiger charge is 2.14. The van der Waals surface area contributed by atoms with Gasteiger partial charge in [-0.05, 0) is 55.0 Å². The molecule has 152 valence electrons. The van der Waals surface area contributed by atoms with Gasteiger partial charge in [0.2, 0.25) is 0 Å².